The molecule has 1 aliphatic carbocycles. The van der Waals surface area contributed by atoms with Gasteiger partial charge in [-0.1, -0.05) is 83.9 Å². The molecule has 2 aliphatic rings. The summed E-state index contributed by atoms with van der Waals surface area (Å²) < 4.78 is 0. The molecule has 3 nitrogen and oxygen atoms in total. The molecule has 0 amide bonds. The maximum absolute atomic E-state index is 12.9. The van der Waals surface area contributed by atoms with Gasteiger partial charge >= 0.3 is 0 Å². The SMILES string of the molecule is Cc1ccc2c(=O)c3c(C)cc(C)c(C)c3ccc2c1.Cc1ccc2c(c1)C=Cc1c(C)c(C)cc(C)c1C2N1CCNCC1. The van der Waals surface area contributed by atoms with Crippen molar-refractivity contribution in [2.24, 2.45) is 0 Å². The van der Waals surface area contributed by atoms with Gasteiger partial charge in [0.1, 0.15) is 0 Å². The van der Waals surface area contributed by atoms with Crippen LogP contribution in [0.15, 0.2) is 65.5 Å². The molecular weight excluding hydrogens is 548 g/mol. The summed E-state index contributed by atoms with van der Waals surface area (Å²) in [7, 11) is 0. The number of nitrogens with one attached hydrogen (secondary N) is 1. The smallest absolute Gasteiger partial charge is 0.194 e. The van der Waals surface area contributed by atoms with Gasteiger partial charge in [0.05, 0.1) is 6.04 Å². The van der Waals surface area contributed by atoms with E-state index in [1.54, 1.807) is 0 Å². The number of piperazine rings is 1. The first-order chi connectivity index (χ1) is 21.5. The fourth-order valence-corrected chi connectivity index (χ4v) is 7.41. The number of hydrogen-bond acceptors (Lipinski definition) is 3. The van der Waals surface area contributed by atoms with E-state index in [-0.39, 0.29) is 5.43 Å². The summed E-state index contributed by atoms with van der Waals surface area (Å²) in [6, 6.07) is 22.0. The molecule has 0 radical (unpaired) electrons. The second-order valence-corrected chi connectivity index (χ2v) is 13.3. The summed E-state index contributed by atoms with van der Waals surface area (Å²) in [5.74, 6) is 0. The summed E-state index contributed by atoms with van der Waals surface area (Å²) in [6.45, 7) is 21.6. The Balaban J connectivity index is 0.000000163. The molecule has 0 aromatic heterocycles. The first-order valence-corrected chi connectivity index (χ1v) is 16.3. The minimum Gasteiger partial charge on any atom is -0.314 e. The van der Waals surface area contributed by atoms with Crippen molar-refractivity contribution >= 4 is 33.7 Å². The van der Waals surface area contributed by atoms with Crippen LogP contribution in [0.1, 0.15) is 72.8 Å². The van der Waals surface area contributed by atoms with E-state index in [1.165, 1.54) is 61.2 Å². The molecule has 1 unspecified atom stereocenters. The predicted molar refractivity (Wildman–Crippen MR) is 194 cm³/mol. The van der Waals surface area contributed by atoms with Crippen LogP contribution in [0.3, 0.4) is 0 Å². The molecule has 1 saturated heterocycles. The number of rotatable bonds is 1. The molecule has 230 valence electrons. The average molecular weight is 595 g/mol. The highest BCUT2D eigenvalue weighted by molar-refractivity contribution is 5.97. The fraction of sp³-hybridized carbons (Fsp3) is 0.310. The van der Waals surface area contributed by atoms with Gasteiger partial charge < -0.3 is 5.32 Å². The quantitative estimate of drug-likeness (QED) is 0.210. The van der Waals surface area contributed by atoms with Gasteiger partial charge in [-0.3, -0.25) is 9.69 Å². The lowest BCUT2D eigenvalue weighted by Gasteiger charge is -2.37. The second-order valence-electron chi connectivity index (χ2n) is 13.3. The normalized spacial score (nSPS) is 16.1. The third-order valence-electron chi connectivity index (χ3n) is 10.1. The third-order valence-corrected chi connectivity index (χ3v) is 10.1. The Morgan fingerprint density at radius 3 is 2.04 bits per heavy atom. The van der Waals surface area contributed by atoms with Crippen LogP contribution in [0.25, 0.3) is 33.7 Å². The van der Waals surface area contributed by atoms with Crippen LogP contribution in [-0.4, -0.2) is 31.1 Å². The lowest BCUT2D eigenvalue weighted by molar-refractivity contribution is 0.198. The van der Waals surface area contributed by atoms with E-state index in [2.05, 4.69) is 119 Å². The molecule has 1 atom stereocenters. The van der Waals surface area contributed by atoms with E-state index < -0.39 is 0 Å². The zero-order valence-electron chi connectivity index (χ0n) is 28.2. The van der Waals surface area contributed by atoms with Gasteiger partial charge in [-0.2, -0.15) is 0 Å². The predicted octanol–water partition coefficient (Wildman–Crippen LogP) is 8.99. The van der Waals surface area contributed by atoms with Gasteiger partial charge in [0.15, 0.2) is 5.43 Å². The molecule has 5 aromatic rings. The third kappa shape index (κ3) is 5.76. The zero-order chi connectivity index (χ0) is 32.0. The van der Waals surface area contributed by atoms with E-state index in [0.717, 1.165) is 53.3 Å². The molecule has 0 bridgehead atoms. The number of hydrogen-bond donors (Lipinski definition) is 1. The molecule has 7 rings (SSSR count). The molecular formula is C42H46N2O. The summed E-state index contributed by atoms with van der Waals surface area (Å²) in [5.41, 5.74) is 16.1. The summed E-state index contributed by atoms with van der Waals surface area (Å²) in [6.07, 6.45) is 4.68. The lowest BCUT2D eigenvalue weighted by Crippen LogP contribution is -2.45. The lowest BCUT2D eigenvalue weighted by atomic mass is 9.85. The maximum atomic E-state index is 12.9. The van der Waals surface area contributed by atoms with Crippen molar-refractivity contribution in [2.75, 3.05) is 26.2 Å². The maximum Gasteiger partial charge on any atom is 0.194 e. The molecule has 45 heavy (non-hydrogen) atoms. The van der Waals surface area contributed by atoms with Crippen molar-refractivity contribution in [3.8, 4) is 0 Å². The molecule has 0 spiro atoms. The van der Waals surface area contributed by atoms with Crippen LogP contribution in [-0.2, 0) is 0 Å². The topological polar surface area (TPSA) is 32.3 Å². The van der Waals surface area contributed by atoms with E-state index in [1.807, 2.05) is 19.1 Å². The van der Waals surface area contributed by atoms with Crippen molar-refractivity contribution in [3.05, 3.63) is 138 Å². The highest BCUT2D eigenvalue weighted by Crippen LogP contribution is 2.41. The first kappa shape index (κ1) is 31.0. The van der Waals surface area contributed by atoms with Crippen LogP contribution in [0.4, 0.5) is 0 Å². The van der Waals surface area contributed by atoms with E-state index in [0.29, 0.717) is 6.04 Å². The monoisotopic (exact) mass is 594 g/mol. The van der Waals surface area contributed by atoms with Crippen molar-refractivity contribution in [3.63, 3.8) is 0 Å². The van der Waals surface area contributed by atoms with Gasteiger partial charge in [0.2, 0.25) is 0 Å². The number of aryl methyl sites for hydroxylation is 7. The Hall–Kier alpha value is -4.05. The van der Waals surface area contributed by atoms with E-state index in [4.69, 9.17) is 0 Å². The fourth-order valence-electron chi connectivity index (χ4n) is 7.41. The van der Waals surface area contributed by atoms with Crippen LogP contribution in [0.2, 0.25) is 0 Å². The molecule has 1 heterocycles. The van der Waals surface area contributed by atoms with Gasteiger partial charge in [-0.15, -0.1) is 0 Å². The van der Waals surface area contributed by atoms with Crippen molar-refractivity contribution < 1.29 is 0 Å². The number of nitrogens with zero attached hydrogens (tertiary/aromatic N) is 1. The highest BCUT2D eigenvalue weighted by Gasteiger charge is 2.30. The van der Waals surface area contributed by atoms with Crippen molar-refractivity contribution in [2.45, 2.75) is 61.4 Å². The van der Waals surface area contributed by atoms with Crippen LogP contribution in [0.5, 0.6) is 0 Å². The van der Waals surface area contributed by atoms with Crippen LogP contribution in [0, 0.1) is 55.4 Å². The molecule has 5 aromatic carbocycles. The van der Waals surface area contributed by atoms with Crippen molar-refractivity contribution in [1.82, 2.24) is 10.2 Å². The minimum atomic E-state index is 0.139. The summed E-state index contributed by atoms with van der Waals surface area (Å²) in [5, 5.41) is 7.25. The van der Waals surface area contributed by atoms with Gasteiger partial charge in [0, 0.05) is 37.0 Å². The van der Waals surface area contributed by atoms with E-state index in [9.17, 15) is 4.79 Å². The average Bonchev–Trinajstić information content (AvgIpc) is 3.27. The molecule has 0 saturated carbocycles. The van der Waals surface area contributed by atoms with Crippen LogP contribution < -0.4 is 10.7 Å². The molecule has 1 N–H and O–H groups in total. The van der Waals surface area contributed by atoms with Crippen LogP contribution >= 0.6 is 0 Å². The Morgan fingerprint density at radius 2 is 1.29 bits per heavy atom. The van der Waals surface area contributed by atoms with Crippen molar-refractivity contribution in [1.29, 1.82) is 0 Å². The summed E-state index contributed by atoms with van der Waals surface area (Å²) in [4.78, 5) is 15.5. The Morgan fingerprint density at radius 1 is 0.644 bits per heavy atom. The molecule has 1 fully saturated rings. The Bertz CT molecular complexity index is 2050. The standard InChI is InChI=1S/C23H28N2.C19H18O/c1-15-5-7-21-19(13-15)6-8-20-18(4)16(2)14-17(3)22(20)23(21)25-11-9-24-10-12-25;1-11-5-7-17-15(9-11)6-8-16-14(4)12(2)10-13(3)18(16)19(17)20/h5-8,13-14,23-24H,9-12H2,1-4H3;5-10H,1-4H3. The largest absolute Gasteiger partial charge is 0.314 e. The number of benzene rings is 4. The summed E-state index contributed by atoms with van der Waals surface area (Å²) >= 11 is 0. The van der Waals surface area contributed by atoms with E-state index >= 15 is 0 Å². The Labute approximate surface area is 268 Å². The van der Waals surface area contributed by atoms with Gasteiger partial charge in [-0.25, -0.2) is 0 Å². The molecule has 1 aliphatic heterocycles. The number of fused-ring (bicyclic) bond motifs is 4. The second kappa shape index (κ2) is 12.4. The van der Waals surface area contributed by atoms with Gasteiger partial charge in [-0.05, 0) is 122 Å². The minimum absolute atomic E-state index is 0.139. The first-order valence-electron chi connectivity index (χ1n) is 16.3. The van der Waals surface area contributed by atoms with Gasteiger partial charge in [0.25, 0.3) is 0 Å². The molecule has 3 heteroatoms. The highest BCUT2D eigenvalue weighted by atomic mass is 16.1. The zero-order valence-corrected chi connectivity index (χ0v) is 28.2. The Kier molecular flexibility index (Phi) is 8.52.